The number of carbonyl (C=O) groups excluding carboxylic acids is 1. The minimum Gasteiger partial charge on any atom is -0.506 e. The molecule has 0 fully saturated rings. The summed E-state index contributed by atoms with van der Waals surface area (Å²) in [5.41, 5.74) is 4.06. The number of nitrogens with zero attached hydrogens (tertiary/aromatic N) is 1. The lowest BCUT2D eigenvalue weighted by atomic mass is 10.1. The van der Waals surface area contributed by atoms with Gasteiger partial charge in [0.2, 0.25) is 0 Å². The van der Waals surface area contributed by atoms with E-state index >= 15 is 0 Å². The van der Waals surface area contributed by atoms with Crippen molar-refractivity contribution in [2.24, 2.45) is 5.10 Å². The van der Waals surface area contributed by atoms with Gasteiger partial charge < -0.3 is 10.4 Å². The van der Waals surface area contributed by atoms with Gasteiger partial charge in [0.25, 0.3) is 5.91 Å². The second-order valence-electron chi connectivity index (χ2n) is 5.54. The van der Waals surface area contributed by atoms with E-state index in [1.54, 1.807) is 12.1 Å². The van der Waals surface area contributed by atoms with E-state index in [-0.39, 0.29) is 18.2 Å². The molecule has 7 heteroatoms. The highest BCUT2D eigenvalue weighted by atomic mass is 79.9. The quantitative estimate of drug-likeness (QED) is 0.371. The zero-order valence-corrected chi connectivity index (χ0v) is 16.7. The maximum absolute atomic E-state index is 11.9. The third-order valence-corrected chi connectivity index (χ3v) is 4.85. The van der Waals surface area contributed by atoms with E-state index in [1.807, 2.05) is 42.5 Å². The first-order valence-corrected chi connectivity index (χ1v) is 9.34. The number of hydrogen-bond donors (Lipinski definition) is 3. The van der Waals surface area contributed by atoms with Crippen molar-refractivity contribution in [3.8, 4) is 5.75 Å². The van der Waals surface area contributed by atoms with Crippen LogP contribution in [0.15, 0.2) is 68.6 Å². The zero-order valence-electron chi connectivity index (χ0n) is 13.5. The maximum Gasteiger partial charge on any atom is 0.259 e. The van der Waals surface area contributed by atoms with Crippen LogP contribution in [-0.2, 0) is 4.79 Å². The van der Waals surface area contributed by atoms with Crippen molar-refractivity contribution in [2.75, 3.05) is 11.9 Å². The van der Waals surface area contributed by atoms with Crippen LogP contribution in [0.25, 0.3) is 10.8 Å². The summed E-state index contributed by atoms with van der Waals surface area (Å²) in [5, 5.41) is 18.9. The molecule has 5 nitrogen and oxygen atoms in total. The van der Waals surface area contributed by atoms with Crippen molar-refractivity contribution < 1.29 is 9.90 Å². The molecule has 3 aromatic carbocycles. The van der Waals surface area contributed by atoms with Gasteiger partial charge in [0.05, 0.1) is 21.7 Å². The highest BCUT2D eigenvalue weighted by Crippen LogP contribution is 2.32. The SMILES string of the molecule is O=C(CNc1ccc2ccccc2c1)NN=Cc1cc(Br)c(O)c(Br)c1. The first-order valence-electron chi connectivity index (χ1n) is 7.75. The Hall–Kier alpha value is -2.38. The molecule has 0 unspecified atom stereocenters. The minimum atomic E-state index is -0.258. The predicted octanol–water partition coefficient (Wildman–Crippen LogP) is 4.63. The van der Waals surface area contributed by atoms with Crippen molar-refractivity contribution in [2.45, 2.75) is 0 Å². The number of carbonyl (C=O) groups is 1. The summed E-state index contributed by atoms with van der Waals surface area (Å²) in [4.78, 5) is 11.9. The molecule has 1 amide bonds. The Morgan fingerprint density at radius 1 is 1.04 bits per heavy atom. The Bertz CT molecular complexity index is 966. The molecular weight excluding hydrogens is 462 g/mol. The molecule has 0 aliphatic rings. The third-order valence-electron chi connectivity index (χ3n) is 3.64. The van der Waals surface area contributed by atoms with Crippen LogP contribution >= 0.6 is 31.9 Å². The molecule has 0 aliphatic heterocycles. The lowest BCUT2D eigenvalue weighted by molar-refractivity contribution is -0.119. The van der Waals surface area contributed by atoms with Crippen LogP contribution in [0.4, 0.5) is 5.69 Å². The molecule has 3 aromatic rings. The van der Waals surface area contributed by atoms with Gasteiger partial charge in [0.15, 0.2) is 0 Å². The van der Waals surface area contributed by atoms with Gasteiger partial charge in [0.1, 0.15) is 5.75 Å². The number of nitrogens with one attached hydrogen (secondary N) is 2. The van der Waals surface area contributed by atoms with Gasteiger partial charge in [-0.25, -0.2) is 5.43 Å². The number of phenolic OH excluding ortho intramolecular Hbond substituents is 1. The number of fused-ring (bicyclic) bond motifs is 1. The lowest BCUT2D eigenvalue weighted by Crippen LogP contribution is -2.25. The van der Waals surface area contributed by atoms with Crippen LogP contribution in [-0.4, -0.2) is 23.8 Å². The summed E-state index contributed by atoms with van der Waals surface area (Å²) in [7, 11) is 0. The molecule has 0 heterocycles. The summed E-state index contributed by atoms with van der Waals surface area (Å²) >= 11 is 6.49. The number of halogens is 2. The Balaban J connectivity index is 1.55. The fourth-order valence-electron chi connectivity index (χ4n) is 2.36. The van der Waals surface area contributed by atoms with Crippen LogP contribution < -0.4 is 10.7 Å². The molecule has 3 rings (SSSR count). The maximum atomic E-state index is 11.9. The first kappa shape index (κ1) is 18.4. The van der Waals surface area contributed by atoms with E-state index in [9.17, 15) is 9.90 Å². The summed E-state index contributed by atoms with van der Waals surface area (Å²) < 4.78 is 1.08. The van der Waals surface area contributed by atoms with Gasteiger partial charge in [-0.05, 0) is 72.5 Å². The number of rotatable bonds is 5. The van der Waals surface area contributed by atoms with Crippen LogP contribution in [0, 0.1) is 0 Å². The summed E-state index contributed by atoms with van der Waals surface area (Å²) in [5.74, 6) is -0.142. The van der Waals surface area contributed by atoms with E-state index in [0.717, 1.165) is 22.0 Å². The van der Waals surface area contributed by atoms with Crippen molar-refractivity contribution in [3.05, 3.63) is 69.1 Å². The number of hydrogen-bond acceptors (Lipinski definition) is 4. The topological polar surface area (TPSA) is 73.7 Å². The normalized spacial score (nSPS) is 11.0. The number of hydrazone groups is 1. The molecule has 0 saturated carbocycles. The smallest absolute Gasteiger partial charge is 0.259 e. The average molecular weight is 477 g/mol. The molecule has 132 valence electrons. The second-order valence-corrected chi connectivity index (χ2v) is 7.25. The van der Waals surface area contributed by atoms with E-state index in [4.69, 9.17) is 0 Å². The molecule has 0 bridgehead atoms. The van der Waals surface area contributed by atoms with Gasteiger partial charge in [-0.3, -0.25) is 4.79 Å². The highest BCUT2D eigenvalue weighted by Gasteiger charge is 2.05. The third kappa shape index (κ3) is 4.62. The largest absolute Gasteiger partial charge is 0.506 e. The standard InChI is InChI=1S/C19H15Br2N3O2/c20-16-7-12(8-17(21)19(16)26)10-23-24-18(25)11-22-15-6-5-13-3-1-2-4-14(13)9-15/h1-10,22,26H,11H2,(H,24,25). The Kier molecular flexibility index (Phi) is 5.90. The summed E-state index contributed by atoms with van der Waals surface area (Å²) in [6, 6.07) is 17.4. The van der Waals surface area contributed by atoms with Crippen LogP contribution in [0.3, 0.4) is 0 Å². The molecular formula is C19H15Br2N3O2. The van der Waals surface area contributed by atoms with E-state index in [2.05, 4.69) is 47.7 Å². The van der Waals surface area contributed by atoms with Gasteiger partial charge >= 0.3 is 0 Å². The number of phenols is 1. The fourth-order valence-corrected chi connectivity index (χ4v) is 3.58. The highest BCUT2D eigenvalue weighted by molar-refractivity contribution is 9.11. The van der Waals surface area contributed by atoms with Crippen molar-refractivity contribution in [3.63, 3.8) is 0 Å². The van der Waals surface area contributed by atoms with Gasteiger partial charge in [-0.1, -0.05) is 30.3 Å². The molecule has 0 saturated heterocycles. The Labute approximate surface area is 167 Å². The fraction of sp³-hybridized carbons (Fsp3) is 0.0526. The first-order chi connectivity index (χ1) is 12.5. The molecule has 0 radical (unpaired) electrons. The van der Waals surface area contributed by atoms with E-state index in [1.165, 1.54) is 6.21 Å². The Morgan fingerprint density at radius 3 is 2.46 bits per heavy atom. The Morgan fingerprint density at radius 2 is 1.73 bits per heavy atom. The minimum absolute atomic E-state index is 0.110. The molecule has 0 spiro atoms. The molecule has 3 N–H and O–H groups in total. The van der Waals surface area contributed by atoms with Gasteiger partial charge in [-0.15, -0.1) is 0 Å². The van der Waals surface area contributed by atoms with Crippen LogP contribution in [0.2, 0.25) is 0 Å². The summed E-state index contributed by atoms with van der Waals surface area (Å²) in [6.07, 6.45) is 1.50. The zero-order chi connectivity index (χ0) is 18.5. The summed E-state index contributed by atoms with van der Waals surface area (Å²) in [6.45, 7) is 0.110. The molecule has 26 heavy (non-hydrogen) atoms. The molecule has 0 aliphatic carbocycles. The number of benzene rings is 3. The van der Waals surface area contributed by atoms with E-state index in [0.29, 0.717) is 8.95 Å². The predicted molar refractivity (Wildman–Crippen MR) is 112 cm³/mol. The number of aromatic hydroxyl groups is 1. The second kappa shape index (κ2) is 8.33. The van der Waals surface area contributed by atoms with E-state index < -0.39 is 0 Å². The molecule has 0 atom stereocenters. The monoisotopic (exact) mass is 475 g/mol. The number of anilines is 1. The molecule has 0 aromatic heterocycles. The van der Waals surface area contributed by atoms with Crippen molar-refractivity contribution >= 4 is 60.4 Å². The van der Waals surface area contributed by atoms with Crippen LogP contribution in [0.1, 0.15) is 5.56 Å². The van der Waals surface area contributed by atoms with Crippen molar-refractivity contribution in [1.29, 1.82) is 0 Å². The van der Waals surface area contributed by atoms with Crippen LogP contribution in [0.5, 0.6) is 5.75 Å². The van der Waals surface area contributed by atoms with Crippen molar-refractivity contribution in [1.82, 2.24) is 5.43 Å². The lowest BCUT2D eigenvalue weighted by Gasteiger charge is -2.07. The van der Waals surface area contributed by atoms with Gasteiger partial charge in [-0.2, -0.15) is 5.10 Å². The average Bonchev–Trinajstić information content (AvgIpc) is 2.64. The van der Waals surface area contributed by atoms with Gasteiger partial charge in [0, 0.05) is 5.69 Å². The number of amides is 1.